The van der Waals surface area contributed by atoms with E-state index in [9.17, 15) is 17.2 Å². The van der Waals surface area contributed by atoms with E-state index in [1.54, 1.807) is 7.05 Å². The van der Waals surface area contributed by atoms with Crippen LogP contribution in [0.1, 0.15) is 5.76 Å². The summed E-state index contributed by atoms with van der Waals surface area (Å²) in [6, 6.07) is 4.32. The number of benzene rings is 1. The van der Waals surface area contributed by atoms with Crippen molar-refractivity contribution in [2.24, 2.45) is 0 Å². The summed E-state index contributed by atoms with van der Waals surface area (Å²) in [6.45, 7) is 0.308. The number of rotatable bonds is 5. The molecule has 1 heterocycles. The maximum absolute atomic E-state index is 13.5. The van der Waals surface area contributed by atoms with Gasteiger partial charge in [-0.3, -0.25) is 4.72 Å². The molecule has 0 amide bonds. The molecule has 1 aromatic heterocycles. The van der Waals surface area contributed by atoms with Crippen LogP contribution in [0.3, 0.4) is 0 Å². The van der Waals surface area contributed by atoms with Crippen LogP contribution in [0, 0.1) is 11.6 Å². The molecular formula is C12H11BrF2N2O3S. The molecule has 5 nitrogen and oxygen atoms in total. The van der Waals surface area contributed by atoms with E-state index in [1.165, 1.54) is 6.07 Å². The Morgan fingerprint density at radius 2 is 1.90 bits per heavy atom. The van der Waals surface area contributed by atoms with E-state index < -0.39 is 27.3 Å². The number of hydrogen-bond donors (Lipinski definition) is 2. The van der Waals surface area contributed by atoms with E-state index >= 15 is 0 Å². The smallest absolute Gasteiger partial charge is 0.266 e. The maximum Gasteiger partial charge on any atom is 0.266 e. The summed E-state index contributed by atoms with van der Waals surface area (Å²) in [5, 5.41) is 2.79. The van der Waals surface area contributed by atoms with E-state index in [0.717, 1.165) is 18.2 Å². The van der Waals surface area contributed by atoms with E-state index in [4.69, 9.17) is 4.42 Å². The number of halogens is 3. The third-order valence-electron chi connectivity index (χ3n) is 2.55. The number of sulfonamides is 1. The lowest BCUT2D eigenvalue weighted by Gasteiger charge is -2.08. The third kappa shape index (κ3) is 3.42. The fourth-order valence-corrected chi connectivity index (χ4v) is 3.70. The molecule has 0 radical (unpaired) electrons. The molecule has 0 saturated heterocycles. The second-order valence-electron chi connectivity index (χ2n) is 4.08. The lowest BCUT2D eigenvalue weighted by molar-refractivity contribution is 0.470. The van der Waals surface area contributed by atoms with Gasteiger partial charge in [-0.2, -0.15) is 0 Å². The number of nitrogens with one attached hydrogen (secondary N) is 2. The molecule has 0 aliphatic carbocycles. The zero-order valence-corrected chi connectivity index (χ0v) is 13.2. The summed E-state index contributed by atoms with van der Waals surface area (Å²) in [7, 11) is -2.52. The van der Waals surface area contributed by atoms with Crippen molar-refractivity contribution < 1.29 is 21.6 Å². The van der Waals surface area contributed by atoms with Crippen molar-refractivity contribution >= 4 is 31.6 Å². The molecular weight excluding hydrogens is 370 g/mol. The largest absolute Gasteiger partial charge is 0.451 e. The van der Waals surface area contributed by atoms with Crippen LogP contribution in [-0.4, -0.2) is 15.5 Å². The van der Waals surface area contributed by atoms with Gasteiger partial charge in [-0.1, -0.05) is 6.07 Å². The van der Waals surface area contributed by atoms with E-state index in [1.807, 2.05) is 4.72 Å². The first-order valence-electron chi connectivity index (χ1n) is 5.75. The Morgan fingerprint density at radius 1 is 1.29 bits per heavy atom. The van der Waals surface area contributed by atoms with Crippen molar-refractivity contribution in [3.8, 4) is 0 Å². The molecule has 9 heteroatoms. The first-order chi connectivity index (χ1) is 9.85. The molecule has 0 spiro atoms. The van der Waals surface area contributed by atoms with Gasteiger partial charge in [-0.05, 0) is 35.1 Å². The van der Waals surface area contributed by atoms with Crippen molar-refractivity contribution in [3.63, 3.8) is 0 Å². The van der Waals surface area contributed by atoms with Crippen LogP contribution in [-0.2, 0) is 16.6 Å². The third-order valence-corrected chi connectivity index (χ3v) is 4.75. The number of furan rings is 1. The quantitative estimate of drug-likeness (QED) is 0.836. The van der Waals surface area contributed by atoms with Crippen LogP contribution in [0.2, 0.25) is 0 Å². The van der Waals surface area contributed by atoms with Crippen molar-refractivity contribution in [2.75, 3.05) is 11.8 Å². The Labute approximate surface area is 128 Å². The highest BCUT2D eigenvalue weighted by molar-refractivity contribution is 9.10. The van der Waals surface area contributed by atoms with Crippen LogP contribution in [0.4, 0.5) is 14.5 Å². The monoisotopic (exact) mass is 380 g/mol. The lowest BCUT2D eigenvalue weighted by atomic mass is 10.3. The summed E-state index contributed by atoms with van der Waals surface area (Å²) in [5.74, 6) is -1.65. The topological polar surface area (TPSA) is 71.3 Å². The standard InChI is InChI=1S/C12H11BrF2N2O3S/c1-16-6-7-5-10(12(13)20-7)21(18,19)17-11-8(14)3-2-4-9(11)15/h2-5,16-17H,6H2,1H3. The molecule has 2 N–H and O–H groups in total. The molecule has 21 heavy (non-hydrogen) atoms. The Balaban J connectivity index is 2.39. The van der Waals surface area contributed by atoms with Gasteiger partial charge < -0.3 is 9.73 Å². The lowest BCUT2D eigenvalue weighted by Crippen LogP contribution is -2.15. The van der Waals surface area contributed by atoms with Gasteiger partial charge in [0.15, 0.2) is 4.67 Å². The van der Waals surface area contributed by atoms with Gasteiger partial charge in [0.2, 0.25) is 0 Å². The SMILES string of the molecule is CNCc1cc(S(=O)(=O)Nc2c(F)cccc2F)c(Br)o1. The van der Waals surface area contributed by atoms with Crippen LogP contribution in [0.15, 0.2) is 38.2 Å². The molecule has 2 aromatic rings. The Morgan fingerprint density at radius 3 is 2.48 bits per heavy atom. The summed E-state index contributed by atoms with van der Waals surface area (Å²) >= 11 is 2.97. The summed E-state index contributed by atoms with van der Waals surface area (Å²) < 4.78 is 58.4. The van der Waals surface area contributed by atoms with Crippen LogP contribution < -0.4 is 10.0 Å². The number of hydrogen-bond acceptors (Lipinski definition) is 4. The van der Waals surface area contributed by atoms with E-state index in [-0.39, 0.29) is 9.56 Å². The molecule has 1 aromatic carbocycles. The minimum absolute atomic E-state index is 0.0444. The van der Waals surface area contributed by atoms with Crippen molar-refractivity contribution in [1.82, 2.24) is 5.32 Å². The molecule has 0 saturated carbocycles. The number of para-hydroxylation sites is 1. The van der Waals surface area contributed by atoms with Gasteiger partial charge in [0.05, 0.1) is 6.54 Å². The summed E-state index contributed by atoms with van der Waals surface area (Å²) in [6.07, 6.45) is 0. The molecule has 0 atom stereocenters. The molecule has 0 bridgehead atoms. The minimum atomic E-state index is -4.18. The Kier molecular flexibility index (Phi) is 4.64. The Bertz CT molecular complexity index is 742. The highest BCUT2D eigenvalue weighted by atomic mass is 79.9. The molecule has 0 aliphatic rings. The van der Waals surface area contributed by atoms with Crippen molar-refractivity contribution in [3.05, 3.63) is 46.3 Å². The molecule has 0 aliphatic heterocycles. The molecule has 114 valence electrons. The molecule has 2 rings (SSSR count). The average molecular weight is 381 g/mol. The number of anilines is 1. The molecule has 0 unspecified atom stereocenters. The van der Waals surface area contributed by atoms with Crippen LogP contribution in [0.25, 0.3) is 0 Å². The fourth-order valence-electron chi connectivity index (χ4n) is 1.63. The van der Waals surface area contributed by atoms with Crippen LogP contribution in [0.5, 0.6) is 0 Å². The minimum Gasteiger partial charge on any atom is -0.451 e. The zero-order valence-electron chi connectivity index (χ0n) is 10.8. The van der Waals surface area contributed by atoms with Gasteiger partial charge >= 0.3 is 0 Å². The predicted octanol–water partition coefficient (Wildman–Crippen LogP) is 2.84. The second kappa shape index (κ2) is 6.12. The predicted molar refractivity (Wildman–Crippen MR) is 76.3 cm³/mol. The average Bonchev–Trinajstić information content (AvgIpc) is 2.76. The van der Waals surface area contributed by atoms with Gasteiger partial charge in [-0.15, -0.1) is 0 Å². The van der Waals surface area contributed by atoms with Gasteiger partial charge in [-0.25, -0.2) is 17.2 Å². The highest BCUT2D eigenvalue weighted by Crippen LogP contribution is 2.29. The summed E-state index contributed by atoms with van der Waals surface area (Å²) in [5.41, 5.74) is -0.735. The van der Waals surface area contributed by atoms with E-state index in [0.29, 0.717) is 12.3 Å². The normalized spacial score (nSPS) is 11.6. The highest BCUT2D eigenvalue weighted by Gasteiger charge is 2.25. The summed E-state index contributed by atoms with van der Waals surface area (Å²) in [4.78, 5) is -0.240. The second-order valence-corrected chi connectivity index (χ2v) is 6.45. The maximum atomic E-state index is 13.5. The van der Waals surface area contributed by atoms with Crippen LogP contribution >= 0.6 is 15.9 Å². The van der Waals surface area contributed by atoms with Crippen molar-refractivity contribution in [2.45, 2.75) is 11.4 Å². The zero-order chi connectivity index (χ0) is 15.6. The van der Waals surface area contributed by atoms with E-state index in [2.05, 4.69) is 21.2 Å². The first kappa shape index (κ1) is 15.9. The van der Waals surface area contributed by atoms with Gasteiger partial charge in [0, 0.05) is 6.07 Å². The van der Waals surface area contributed by atoms with Crippen molar-refractivity contribution in [1.29, 1.82) is 0 Å². The molecule has 0 fully saturated rings. The Hall–Kier alpha value is -1.45. The van der Waals surface area contributed by atoms with Gasteiger partial charge in [0.25, 0.3) is 10.0 Å². The van der Waals surface area contributed by atoms with Gasteiger partial charge in [0.1, 0.15) is 28.0 Å². The first-order valence-corrected chi connectivity index (χ1v) is 8.02. The fraction of sp³-hybridized carbons (Fsp3) is 0.167.